The van der Waals surface area contributed by atoms with Crippen LogP contribution in [0.4, 0.5) is 0 Å². The van der Waals surface area contributed by atoms with E-state index in [9.17, 15) is 0 Å². The van der Waals surface area contributed by atoms with Crippen molar-refractivity contribution in [3.63, 3.8) is 0 Å². The largest absolute Gasteiger partial charge is 0.382 e. The van der Waals surface area contributed by atoms with Crippen LogP contribution >= 0.6 is 0 Å². The minimum atomic E-state index is 0.100. The molecular weight excluding hydrogens is 238 g/mol. The summed E-state index contributed by atoms with van der Waals surface area (Å²) in [7, 11) is 0. The number of hydrogen-bond donors (Lipinski definition) is 1. The maximum absolute atomic E-state index is 5.46. The van der Waals surface area contributed by atoms with Crippen LogP contribution in [0.2, 0.25) is 0 Å². The molecule has 0 bridgehead atoms. The van der Waals surface area contributed by atoms with Gasteiger partial charge in [0.1, 0.15) is 5.82 Å². The summed E-state index contributed by atoms with van der Waals surface area (Å²) in [6.45, 7) is 13.4. The van der Waals surface area contributed by atoms with Gasteiger partial charge >= 0.3 is 0 Å². The van der Waals surface area contributed by atoms with E-state index in [-0.39, 0.29) is 5.41 Å². The molecule has 0 saturated heterocycles. The molecule has 1 N–H and O–H groups in total. The Kier molecular flexibility index (Phi) is 4.63. The summed E-state index contributed by atoms with van der Waals surface area (Å²) in [6, 6.07) is 0. The highest BCUT2D eigenvalue weighted by atomic mass is 16.5. The van der Waals surface area contributed by atoms with Gasteiger partial charge in [-0.25, -0.2) is 4.98 Å². The van der Waals surface area contributed by atoms with Crippen LogP contribution in [-0.4, -0.2) is 29.3 Å². The summed E-state index contributed by atoms with van der Waals surface area (Å²) in [5.41, 5.74) is 2.77. The number of fused-ring (bicyclic) bond motifs is 1. The topological polar surface area (TPSA) is 39.1 Å². The van der Waals surface area contributed by atoms with E-state index in [0.717, 1.165) is 45.7 Å². The Morgan fingerprint density at radius 3 is 2.84 bits per heavy atom. The van der Waals surface area contributed by atoms with Crippen LogP contribution in [0.15, 0.2) is 0 Å². The zero-order valence-electron chi connectivity index (χ0n) is 12.8. The second-order valence-corrected chi connectivity index (χ2v) is 6.21. The number of nitrogens with one attached hydrogen (secondary N) is 1. The SMILES string of the molecule is CCOCCCn1c(C(C)(C)C)nc2c1CCNC2. The molecule has 1 aliphatic heterocycles. The number of hydrogen-bond acceptors (Lipinski definition) is 3. The lowest BCUT2D eigenvalue weighted by Crippen LogP contribution is -2.26. The lowest BCUT2D eigenvalue weighted by atomic mass is 9.95. The number of ether oxygens (including phenoxy) is 1. The first-order valence-electron chi connectivity index (χ1n) is 7.41. The van der Waals surface area contributed by atoms with Crippen molar-refractivity contribution in [2.45, 2.75) is 59.0 Å². The van der Waals surface area contributed by atoms with E-state index < -0.39 is 0 Å². The van der Waals surface area contributed by atoms with Gasteiger partial charge in [-0.15, -0.1) is 0 Å². The van der Waals surface area contributed by atoms with E-state index in [1.54, 1.807) is 0 Å². The highest BCUT2D eigenvalue weighted by Gasteiger charge is 2.26. The Bertz CT molecular complexity index is 418. The van der Waals surface area contributed by atoms with E-state index in [2.05, 4.69) is 30.7 Å². The zero-order chi connectivity index (χ0) is 13.9. The van der Waals surface area contributed by atoms with Crippen LogP contribution in [0, 0.1) is 0 Å². The second-order valence-electron chi connectivity index (χ2n) is 6.21. The Hall–Kier alpha value is -0.870. The van der Waals surface area contributed by atoms with Gasteiger partial charge in [0.15, 0.2) is 0 Å². The van der Waals surface area contributed by atoms with Crippen molar-refractivity contribution in [3.8, 4) is 0 Å². The Balaban J connectivity index is 2.20. The number of imidazole rings is 1. The van der Waals surface area contributed by atoms with E-state index in [0.29, 0.717) is 0 Å². The molecule has 4 nitrogen and oxygen atoms in total. The highest BCUT2D eigenvalue weighted by molar-refractivity contribution is 5.23. The zero-order valence-corrected chi connectivity index (χ0v) is 12.8. The fourth-order valence-electron chi connectivity index (χ4n) is 2.65. The summed E-state index contributed by atoms with van der Waals surface area (Å²) in [5.74, 6) is 1.22. The monoisotopic (exact) mass is 265 g/mol. The predicted molar refractivity (Wildman–Crippen MR) is 77.4 cm³/mol. The molecule has 0 unspecified atom stereocenters. The lowest BCUT2D eigenvalue weighted by Gasteiger charge is -2.22. The van der Waals surface area contributed by atoms with Gasteiger partial charge in [-0.05, 0) is 13.3 Å². The number of rotatable bonds is 5. The average Bonchev–Trinajstić information content (AvgIpc) is 2.74. The summed E-state index contributed by atoms with van der Waals surface area (Å²) in [4.78, 5) is 4.88. The first-order chi connectivity index (χ1) is 9.04. The van der Waals surface area contributed by atoms with Crippen molar-refractivity contribution in [1.29, 1.82) is 0 Å². The third-order valence-electron chi connectivity index (χ3n) is 3.53. The molecule has 108 valence electrons. The molecule has 0 spiro atoms. The van der Waals surface area contributed by atoms with E-state index >= 15 is 0 Å². The molecule has 0 radical (unpaired) electrons. The van der Waals surface area contributed by atoms with Gasteiger partial charge in [0, 0.05) is 50.4 Å². The fraction of sp³-hybridized carbons (Fsp3) is 0.800. The van der Waals surface area contributed by atoms with Gasteiger partial charge in [0.25, 0.3) is 0 Å². The first kappa shape index (κ1) is 14.5. The number of aromatic nitrogens is 2. The van der Waals surface area contributed by atoms with Crippen LogP contribution < -0.4 is 5.32 Å². The van der Waals surface area contributed by atoms with Gasteiger partial charge in [-0.1, -0.05) is 20.8 Å². The lowest BCUT2D eigenvalue weighted by molar-refractivity contribution is 0.141. The minimum absolute atomic E-state index is 0.100. The summed E-state index contributed by atoms with van der Waals surface area (Å²) in [6.07, 6.45) is 2.15. The Labute approximate surface area is 116 Å². The van der Waals surface area contributed by atoms with E-state index in [4.69, 9.17) is 9.72 Å². The van der Waals surface area contributed by atoms with Gasteiger partial charge in [0.05, 0.1) is 5.69 Å². The maximum atomic E-state index is 5.46. The second kappa shape index (κ2) is 6.06. The summed E-state index contributed by atoms with van der Waals surface area (Å²) in [5, 5.41) is 3.41. The maximum Gasteiger partial charge on any atom is 0.114 e. The fourth-order valence-corrected chi connectivity index (χ4v) is 2.65. The van der Waals surface area contributed by atoms with Crippen molar-refractivity contribution in [3.05, 3.63) is 17.2 Å². The van der Waals surface area contributed by atoms with Crippen LogP contribution in [0.5, 0.6) is 0 Å². The van der Waals surface area contributed by atoms with Crippen LogP contribution in [-0.2, 0) is 29.7 Å². The molecule has 19 heavy (non-hydrogen) atoms. The van der Waals surface area contributed by atoms with Crippen molar-refractivity contribution in [2.24, 2.45) is 0 Å². The molecule has 0 aromatic carbocycles. The standard InChI is InChI=1S/C15H27N3O/c1-5-19-10-6-9-18-13-7-8-16-11-12(13)17-14(18)15(2,3)4/h16H,5-11H2,1-4H3. The molecule has 2 heterocycles. The van der Waals surface area contributed by atoms with Crippen LogP contribution in [0.1, 0.15) is 51.3 Å². The molecule has 2 rings (SSSR count). The Morgan fingerprint density at radius 1 is 1.37 bits per heavy atom. The van der Waals surface area contributed by atoms with Gasteiger partial charge in [-0.3, -0.25) is 0 Å². The minimum Gasteiger partial charge on any atom is -0.382 e. The molecule has 0 fully saturated rings. The molecule has 0 amide bonds. The van der Waals surface area contributed by atoms with Gasteiger partial charge < -0.3 is 14.6 Å². The molecular formula is C15H27N3O. The van der Waals surface area contributed by atoms with E-state index in [1.807, 2.05) is 6.92 Å². The Morgan fingerprint density at radius 2 is 2.16 bits per heavy atom. The third kappa shape index (κ3) is 3.37. The number of nitrogens with zero attached hydrogens (tertiary/aromatic N) is 2. The van der Waals surface area contributed by atoms with Gasteiger partial charge in [-0.2, -0.15) is 0 Å². The molecule has 1 aromatic heterocycles. The van der Waals surface area contributed by atoms with Crippen molar-refractivity contribution in [1.82, 2.24) is 14.9 Å². The van der Waals surface area contributed by atoms with Crippen molar-refractivity contribution < 1.29 is 4.74 Å². The van der Waals surface area contributed by atoms with Crippen molar-refractivity contribution in [2.75, 3.05) is 19.8 Å². The summed E-state index contributed by atoms with van der Waals surface area (Å²) >= 11 is 0. The first-order valence-corrected chi connectivity index (χ1v) is 7.41. The molecule has 1 aliphatic rings. The smallest absolute Gasteiger partial charge is 0.114 e. The van der Waals surface area contributed by atoms with E-state index in [1.165, 1.54) is 17.2 Å². The van der Waals surface area contributed by atoms with Gasteiger partial charge in [0.2, 0.25) is 0 Å². The summed E-state index contributed by atoms with van der Waals surface area (Å²) < 4.78 is 7.89. The highest BCUT2D eigenvalue weighted by Crippen LogP contribution is 2.26. The molecule has 0 atom stereocenters. The quantitative estimate of drug-likeness (QED) is 0.830. The third-order valence-corrected chi connectivity index (χ3v) is 3.53. The average molecular weight is 265 g/mol. The molecule has 4 heteroatoms. The predicted octanol–water partition coefficient (Wildman–Crippen LogP) is 2.25. The van der Waals surface area contributed by atoms with Crippen molar-refractivity contribution >= 4 is 0 Å². The van der Waals surface area contributed by atoms with Crippen LogP contribution in [0.3, 0.4) is 0 Å². The normalized spacial score (nSPS) is 15.6. The molecule has 0 aliphatic carbocycles. The van der Waals surface area contributed by atoms with Crippen LogP contribution in [0.25, 0.3) is 0 Å². The molecule has 0 saturated carbocycles. The molecule has 1 aromatic rings.